The van der Waals surface area contributed by atoms with Gasteiger partial charge < -0.3 is 9.88 Å². The van der Waals surface area contributed by atoms with Gasteiger partial charge >= 0.3 is 0 Å². The van der Waals surface area contributed by atoms with Crippen LogP contribution in [0.2, 0.25) is 0 Å². The van der Waals surface area contributed by atoms with Crippen LogP contribution in [0.4, 0.5) is 5.69 Å². The molecule has 0 fully saturated rings. The smallest absolute Gasteiger partial charge is 0.272 e. The van der Waals surface area contributed by atoms with Crippen molar-refractivity contribution in [2.75, 3.05) is 7.05 Å². The van der Waals surface area contributed by atoms with Crippen molar-refractivity contribution in [1.82, 2.24) is 9.88 Å². The number of benzene rings is 1. The zero-order valence-electron chi connectivity index (χ0n) is 10.9. The fourth-order valence-electron chi connectivity index (χ4n) is 2.15. The molecule has 0 saturated heterocycles. The van der Waals surface area contributed by atoms with Gasteiger partial charge in [-0.25, -0.2) is 0 Å². The highest BCUT2D eigenvalue weighted by atomic mass is 16.6. The van der Waals surface area contributed by atoms with Gasteiger partial charge in [-0.2, -0.15) is 0 Å². The van der Waals surface area contributed by atoms with Gasteiger partial charge in [0, 0.05) is 36.6 Å². The van der Waals surface area contributed by atoms with Crippen LogP contribution in [0.5, 0.6) is 0 Å². The molecule has 0 aliphatic heterocycles. The summed E-state index contributed by atoms with van der Waals surface area (Å²) >= 11 is 0. The van der Waals surface area contributed by atoms with Gasteiger partial charge in [0.05, 0.1) is 4.92 Å². The summed E-state index contributed by atoms with van der Waals surface area (Å²) in [6.45, 7) is 1.54. The number of hydrogen-bond donors (Lipinski definition) is 1. The van der Waals surface area contributed by atoms with Crippen LogP contribution in [-0.2, 0) is 19.5 Å². The van der Waals surface area contributed by atoms with Gasteiger partial charge in [-0.3, -0.25) is 10.1 Å². The fourth-order valence-corrected chi connectivity index (χ4v) is 2.15. The first-order valence-electron chi connectivity index (χ1n) is 6.23. The molecule has 100 valence electrons. The molecule has 0 saturated carbocycles. The highest BCUT2D eigenvalue weighted by Crippen LogP contribution is 2.19. The molecule has 5 heteroatoms. The van der Waals surface area contributed by atoms with Crippen molar-refractivity contribution in [3.05, 3.63) is 64.0 Å². The van der Waals surface area contributed by atoms with Crippen LogP contribution in [-0.4, -0.2) is 16.5 Å². The van der Waals surface area contributed by atoms with Gasteiger partial charge in [-0.15, -0.1) is 0 Å². The highest BCUT2D eigenvalue weighted by molar-refractivity contribution is 5.39. The average molecular weight is 259 g/mol. The van der Waals surface area contributed by atoms with Crippen molar-refractivity contribution in [3.63, 3.8) is 0 Å². The zero-order chi connectivity index (χ0) is 13.7. The zero-order valence-corrected chi connectivity index (χ0v) is 10.9. The van der Waals surface area contributed by atoms with Crippen LogP contribution in [0.25, 0.3) is 0 Å². The minimum atomic E-state index is -0.320. The van der Waals surface area contributed by atoms with Gasteiger partial charge in [0.1, 0.15) is 0 Å². The van der Waals surface area contributed by atoms with E-state index >= 15 is 0 Å². The highest BCUT2D eigenvalue weighted by Gasteiger charge is 2.12. The third-order valence-corrected chi connectivity index (χ3v) is 3.09. The van der Waals surface area contributed by atoms with Crippen molar-refractivity contribution in [2.45, 2.75) is 19.5 Å². The van der Waals surface area contributed by atoms with E-state index in [4.69, 9.17) is 0 Å². The molecule has 2 rings (SSSR count). The van der Waals surface area contributed by atoms with Gasteiger partial charge in [-0.1, -0.05) is 18.2 Å². The van der Waals surface area contributed by atoms with Crippen molar-refractivity contribution >= 4 is 5.69 Å². The molecule has 0 spiro atoms. The lowest BCUT2D eigenvalue weighted by Crippen LogP contribution is -2.12. The second-order valence-corrected chi connectivity index (χ2v) is 4.36. The maximum atomic E-state index is 10.9. The average Bonchev–Trinajstić information content (AvgIpc) is 2.84. The van der Waals surface area contributed by atoms with E-state index in [-0.39, 0.29) is 10.6 Å². The maximum absolute atomic E-state index is 10.9. The lowest BCUT2D eigenvalue weighted by atomic mass is 10.1. The van der Waals surface area contributed by atoms with Gasteiger partial charge in [0.25, 0.3) is 5.69 Å². The summed E-state index contributed by atoms with van der Waals surface area (Å²) in [5, 5.41) is 14.1. The van der Waals surface area contributed by atoms with Gasteiger partial charge in [-0.05, 0) is 25.6 Å². The molecular formula is C14H17N3O2. The first-order chi connectivity index (χ1) is 9.22. The molecule has 19 heavy (non-hydrogen) atoms. The van der Waals surface area contributed by atoms with Crippen LogP contribution in [0, 0.1) is 10.1 Å². The molecule has 0 atom stereocenters. The molecule has 2 aromatic rings. The molecule has 0 unspecified atom stereocenters. The first kappa shape index (κ1) is 13.3. The molecule has 5 nitrogen and oxygen atoms in total. The Hall–Kier alpha value is -2.14. The van der Waals surface area contributed by atoms with Crippen LogP contribution in [0.3, 0.4) is 0 Å². The fraction of sp³-hybridized carbons (Fsp3) is 0.286. The molecule has 0 radical (unpaired) electrons. The number of aryl methyl sites for hydroxylation is 2. The number of nitro benzene ring substituents is 1. The number of nitrogens with one attached hydrogen (secondary N) is 1. The molecular weight excluding hydrogens is 242 g/mol. The third kappa shape index (κ3) is 3.20. The number of nitro groups is 1. The molecule has 1 aromatic heterocycles. The molecule has 0 bridgehead atoms. The van der Waals surface area contributed by atoms with E-state index in [0.717, 1.165) is 18.7 Å². The number of para-hydroxylation sites is 1. The van der Waals surface area contributed by atoms with E-state index in [0.29, 0.717) is 6.42 Å². The predicted molar refractivity (Wildman–Crippen MR) is 74.0 cm³/mol. The molecule has 0 aliphatic rings. The standard InChI is InChI=1S/C14H17N3O2/c1-15-11-13-6-4-9-16(13)10-8-12-5-2-3-7-14(12)17(18)19/h2-7,9,15H,8,10-11H2,1H3. The molecule has 0 amide bonds. The van der Waals surface area contributed by atoms with Crippen molar-refractivity contribution in [3.8, 4) is 0 Å². The van der Waals surface area contributed by atoms with Crippen LogP contribution in [0.1, 0.15) is 11.3 Å². The molecule has 1 heterocycles. The summed E-state index contributed by atoms with van der Waals surface area (Å²) in [7, 11) is 1.90. The summed E-state index contributed by atoms with van der Waals surface area (Å²) in [5.41, 5.74) is 2.16. The molecule has 1 N–H and O–H groups in total. The van der Waals surface area contributed by atoms with Crippen LogP contribution >= 0.6 is 0 Å². The second-order valence-electron chi connectivity index (χ2n) is 4.36. The lowest BCUT2D eigenvalue weighted by molar-refractivity contribution is -0.385. The summed E-state index contributed by atoms with van der Waals surface area (Å²) < 4.78 is 2.12. The Morgan fingerprint density at radius 2 is 2.05 bits per heavy atom. The Kier molecular flexibility index (Phi) is 4.30. The SMILES string of the molecule is CNCc1cccn1CCc1ccccc1[N+](=O)[O-]. The van der Waals surface area contributed by atoms with E-state index in [9.17, 15) is 10.1 Å². The minimum Gasteiger partial charge on any atom is -0.350 e. The topological polar surface area (TPSA) is 60.1 Å². The molecule has 1 aromatic carbocycles. The largest absolute Gasteiger partial charge is 0.350 e. The Bertz CT molecular complexity index is 563. The normalized spacial score (nSPS) is 10.6. The monoisotopic (exact) mass is 259 g/mol. The number of hydrogen-bond acceptors (Lipinski definition) is 3. The quantitative estimate of drug-likeness (QED) is 0.640. The van der Waals surface area contributed by atoms with Gasteiger partial charge in [0.2, 0.25) is 0 Å². The van der Waals surface area contributed by atoms with Gasteiger partial charge in [0.15, 0.2) is 0 Å². The summed E-state index contributed by atoms with van der Waals surface area (Å²) in [4.78, 5) is 10.6. The third-order valence-electron chi connectivity index (χ3n) is 3.09. The summed E-state index contributed by atoms with van der Waals surface area (Å²) in [6, 6.07) is 11.0. The van der Waals surface area contributed by atoms with E-state index in [1.54, 1.807) is 12.1 Å². The van der Waals surface area contributed by atoms with Crippen molar-refractivity contribution < 1.29 is 4.92 Å². The van der Waals surface area contributed by atoms with E-state index in [1.807, 2.05) is 31.4 Å². The lowest BCUT2D eigenvalue weighted by Gasteiger charge is -2.09. The first-order valence-corrected chi connectivity index (χ1v) is 6.23. The van der Waals surface area contributed by atoms with E-state index in [2.05, 4.69) is 16.0 Å². The number of nitrogens with zero attached hydrogens (tertiary/aromatic N) is 2. The van der Waals surface area contributed by atoms with E-state index < -0.39 is 0 Å². The minimum absolute atomic E-state index is 0.199. The number of rotatable bonds is 6. The Balaban J connectivity index is 2.10. The number of aromatic nitrogens is 1. The van der Waals surface area contributed by atoms with Crippen molar-refractivity contribution in [2.24, 2.45) is 0 Å². The Labute approximate surface area is 112 Å². The van der Waals surface area contributed by atoms with Crippen molar-refractivity contribution in [1.29, 1.82) is 0 Å². The summed E-state index contributed by atoms with van der Waals surface area (Å²) in [6.07, 6.45) is 2.66. The predicted octanol–water partition coefficient (Wildman–Crippen LogP) is 2.36. The maximum Gasteiger partial charge on any atom is 0.272 e. The second kappa shape index (κ2) is 6.15. The van der Waals surface area contributed by atoms with Crippen LogP contribution < -0.4 is 5.32 Å². The Morgan fingerprint density at radius 3 is 2.79 bits per heavy atom. The summed E-state index contributed by atoms with van der Waals surface area (Å²) in [5.74, 6) is 0. The Morgan fingerprint density at radius 1 is 1.26 bits per heavy atom. The van der Waals surface area contributed by atoms with E-state index in [1.165, 1.54) is 5.69 Å². The molecule has 0 aliphatic carbocycles. The van der Waals surface area contributed by atoms with Crippen LogP contribution in [0.15, 0.2) is 42.6 Å².